The minimum atomic E-state index is -0.708. The summed E-state index contributed by atoms with van der Waals surface area (Å²) in [6.07, 6.45) is 4.90. The van der Waals surface area contributed by atoms with E-state index < -0.39 is 16.6 Å². The molecule has 7 heteroatoms. The summed E-state index contributed by atoms with van der Waals surface area (Å²) in [4.78, 5) is 22.0. The van der Waals surface area contributed by atoms with Gasteiger partial charge < -0.3 is 5.32 Å². The number of amides is 1. The normalized spacial score (nSPS) is 10.4. The van der Waals surface area contributed by atoms with Gasteiger partial charge in [-0.1, -0.05) is 6.42 Å². The molecule has 21 heavy (non-hydrogen) atoms. The van der Waals surface area contributed by atoms with E-state index in [9.17, 15) is 19.3 Å². The number of hydrogen-bond acceptors (Lipinski definition) is 4. The standard InChI is InChI=1S/C14H19FN2O3S/c1-10-8-11(17(19)20)9-12(13(10)15)14(18)16-6-4-3-5-7-21-2/h8-9H,3-7H2,1-2H3,(H,16,18). The van der Waals surface area contributed by atoms with Crippen molar-refractivity contribution in [2.24, 2.45) is 0 Å². The van der Waals surface area contributed by atoms with Crippen molar-refractivity contribution in [1.82, 2.24) is 5.32 Å². The molecule has 1 amide bonds. The maximum Gasteiger partial charge on any atom is 0.270 e. The zero-order chi connectivity index (χ0) is 15.8. The van der Waals surface area contributed by atoms with E-state index in [1.807, 2.05) is 6.26 Å². The lowest BCUT2D eigenvalue weighted by Crippen LogP contribution is -2.25. The van der Waals surface area contributed by atoms with Crippen LogP contribution in [0.15, 0.2) is 12.1 Å². The highest BCUT2D eigenvalue weighted by molar-refractivity contribution is 7.98. The fourth-order valence-corrected chi connectivity index (χ4v) is 2.36. The van der Waals surface area contributed by atoms with Crippen LogP contribution in [0, 0.1) is 22.9 Å². The Hall–Kier alpha value is -1.63. The van der Waals surface area contributed by atoms with Gasteiger partial charge in [-0.25, -0.2) is 4.39 Å². The Morgan fingerprint density at radius 3 is 2.71 bits per heavy atom. The summed E-state index contributed by atoms with van der Waals surface area (Å²) in [5, 5.41) is 13.4. The van der Waals surface area contributed by atoms with Crippen LogP contribution in [0.2, 0.25) is 0 Å². The zero-order valence-corrected chi connectivity index (χ0v) is 13.0. The van der Waals surface area contributed by atoms with Gasteiger partial charge in [0.15, 0.2) is 0 Å². The molecule has 0 aromatic heterocycles. The summed E-state index contributed by atoms with van der Waals surface area (Å²) >= 11 is 1.77. The first-order valence-corrected chi connectivity index (χ1v) is 8.08. The minimum Gasteiger partial charge on any atom is -0.352 e. The molecule has 0 aliphatic carbocycles. The molecule has 0 saturated carbocycles. The molecule has 0 spiro atoms. The molecule has 0 bridgehead atoms. The number of halogens is 1. The number of nitrogens with one attached hydrogen (secondary N) is 1. The Bertz CT molecular complexity index is 523. The molecule has 0 aliphatic rings. The lowest BCUT2D eigenvalue weighted by atomic mass is 10.1. The smallest absolute Gasteiger partial charge is 0.270 e. The summed E-state index contributed by atoms with van der Waals surface area (Å²) in [6.45, 7) is 1.84. The van der Waals surface area contributed by atoms with Crippen LogP contribution < -0.4 is 5.32 Å². The number of thioether (sulfide) groups is 1. The van der Waals surface area contributed by atoms with Crippen molar-refractivity contribution >= 4 is 23.4 Å². The summed E-state index contributed by atoms with van der Waals surface area (Å²) in [5.41, 5.74) is -0.459. The summed E-state index contributed by atoms with van der Waals surface area (Å²) in [6, 6.07) is 2.10. The molecular formula is C14H19FN2O3S. The number of aryl methyl sites for hydroxylation is 1. The number of unbranched alkanes of at least 4 members (excludes halogenated alkanes) is 2. The second kappa shape index (κ2) is 8.61. The lowest BCUT2D eigenvalue weighted by molar-refractivity contribution is -0.385. The fraction of sp³-hybridized carbons (Fsp3) is 0.500. The first-order chi connectivity index (χ1) is 9.97. The zero-order valence-electron chi connectivity index (χ0n) is 12.1. The van der Waals surface area contributed by atoms with E-state index in [4.69, 9.17) is 0 Å². The van der Waals surface area contributed by atoms with Crippen LogP contribution in [0.5, 0.6) is 0 Å². The maximum atomic E-state index is 13.9. The van der Waals surface area contributed by atoms with Crippen LogP contribution in [-0.4, -0.2) is 29.4 Å². The SMILES string of the molecule is CSCCCCCNC(=O)c1cc([N+](=O)[O-])cc(C)c1F. The largest absolute Gasteiger partial charge is 0.352 e. The fourth-order valence-electron chi connectivity index (χ4n) is 1.87. The molecular weight excluding hydrogens is 295 g/mol. The molecule has 5 nitrogen and oxygen atoms in total. The van der Waals surface area contributed by atoms with Gasteiger partial charge >= 0.3 is 0 Å². The Balaban J connectivity index is 2.63. The molecule has 0 atom stereocenters. The third-order valence-electron chi connectivity index (χ3n) is 3.01. The second-order valence-electron chi connectivity index (χ2n) is 4.69. The molecule has 0 unspecified atom stereocenters. The number of hydrogen-bond donors (Lipinski definition) is 1. The van der Waals surface area contributed by atoms with Gasteiger partial charge in [-0.05, 0) is 37.3 Å². The number of non-ortho nitro benzene ring substituents is 1. The number of nitro groups is 1. The summed E-state index contributed by atoms with van der Waals surface area (Å²) in [7, 11) is 0. The van der Waals surface area contributed by atoms with E-state index in [0.29, 0.717) is 6.54 Å². The van der Waals surface area contributed by atoms with Crippen LogP contribution >= 0.6 is 11.8 Å². The third-order valence-corrected chi connectivity index (χ3v) is 3.70. The Morgan fingerprint density at radius 2 is 2.10 bits per heavy atom. The quantitative estimate of drug-likeness (QED) is 0.454. The lowest BCUT2D eigenvalue weighted by Gasteiger charge is -2.07. The highest BCUT2D eigenvalue weighted by Crippen LogP contribution is 2.21. The van der Waals surface area contributed by atoms with Crippen LogP contribution in [0.1, 0.15) is 35.2 Å². The Kier molecular flexibility index (Phi) is 7.14. The highest BCUT2D eigenvalue weighted by atomic mass is 32.2. The predicted molar refractivity (Wildman–Crippen MR) is 82.4 cm³/mol. The first-order valence-electron chi connectivity index (χ1n) is 6.69. The van der Waals surface area contributed by atoms with Gasteiger partial charge in [0.1, 0.15) is 5.82 Å². The van der Waals surface area contributed by atoms with Crippen molar-refractivity contribution in [1.29, 1.82) is 0 Å². The molecule has 0 aliphatic heterocycles. The van der Waals surface area contributed by atoms with Gasteiger partial charge in [0.05, 0.1) is 10.5 Å². The second-order valence-corrected chi connectivity index (χ2v) is 5.68. The Labute approximate surface area is 127 Å². The molecule has 116 valence electrons. The number of rotatable bonds is 8. The molecule has 1 aromatic rings. The van der Waals surface area contributed by atoms with Gasteiger partial charge in [-0.3, -0.25) is 14.9 Å². The third kappa shape index (κ3) is 5.34. The van der Waals surface area contributed by atoms with E-state index in [2.05, 4.69) is 5.32 Å². The average Bonchev–Trinajstić information content (AvgIpc) is 2.44. The summed E-state index contributed by atoms with van der Waals surface area (Å²) in [5.74, 6) is -0.239. The van der Waals surface area contributed by atoms with Gasteiger partial charge in [-0.15, -0.1) is 0 Å². The number of nitrogens with zero attached hydrogens (tertiary/aromatic N) is 1. The van der Waals surface area contributed by atoms with Crippen molar-refractivity contribution < 1.29 is 14.1 Å². The van der Waals surface area contributed by atoms with E-state index >= 15 is 0 Å². The monoisotopic (exact) mass is 314 g/mol. The van der Waals surface area contributed by atoms with E-state index in [1.54, 1.807) is 11.8 Å². The van der Waals surface area contributed by atoms with Crippen molar-refractivity contribution in [2.45, 2.75) is 26.2 Å². The predicted octanol–water partition coefficient (Wildman–Crippen LogP) is 3.31. The molecule has 0 radical (unpaired) electrons. The maximum absolute atomic E-state index is 13.9. The number of carbonyl (C=O) groups is 1. The number of benzene rings is 1. The molecule has 0 heterocycles. The first kappa shape index (κ1) is 17.4. The van der Waals surface area contributed by atoms with Gasteiger partial charge in [-0.2, -0.15) is 11.8 Å². The summed E-state index contributed by atoms with van der Waals surface area (Å²) < 4.78 is 13.9. The topological polar surface area (TPSA) is 72.2 Å². The Morgan fingerprint density at radius 1 is 1.38 bits per heavy atom. The van der Waals surface area contributed by atoms with Crippen LogP contribution in [-0.2, 0) is 0 Å². The molecule has 1 aromatic carbocycles. The number of nitro benzene ring substituents is 1. The van der Waals surface area contributed by atoms with Gasteiger partial charge in [0.2, 0.25) is 0 Å². The molecule has 1 N–H and O–H groups in total. The number of carbonyl (C=O) groups excluding carboxylic acids is 1. The van der Waals surface area contributed by atoms with E-state index in [-0.39, 0.29) is 16.8 Å². The molecule has 0 fully saturated rings. The average molecular weight is 314 g/mol. The minimum absolute atomic E-state index is 0.0920. The van der Waals surface area contributed by atoms with Gasteiger partial charge in [0, 0.05) is 18.7 Å². The van der Waals surface area contributed by atoms with Crippen LogP contribution in [0.4, 0.5) is 10.1 Å². The van der Waals surface area contributed by atoms with E-state index in [0.717, 1.165) is 37.1 Å². The van der Waals surface area contributed by atoms with Crippen LogP contribution in [0.3, 0.4) is 0 Å². The molecule has 1 rings (SSSR count). The van der Waals surface area contributed by atoms with Crippen molar-refractivity contribution in [2.75, 3.05) is 18.6 Å². The van der Waals surface area contributed by atoms with Crippen molar-refractivity contribution in [3.63, 3.8) is 0 Å². The van der Waals surface area contributed by atoms with Crippen LogP contribution in [0.25, 0.3) is 0 Å². The van der Waals surface area contributed by atoms with Gasteiger partial charge in [0.25, 0.3) is 11.6 Å². The highest BCUT2D eigenvalue weighted by Gasteiger charge is 2.19. The molecule has 0 saturated heterocycles. The van der Waals surface area contributed by atoms with Crippen molar-refractivity contribution in [3.8, 4) is 0 Å². The van der Waals surface area contributed by atoms with Crippen molar-refractivity contribution in [3.05, 3.63) is 39.2 Å². The van der Waals surface area contributed by atoms with E-state index in [1.165, 1.54) is 6.92 Å².